The minimum absolute atomic E-state index is 0.0120. The Bertz CT molecular complexity index is 2010. The molecule has 11 nitrogen and oxygen atoms in total. The SMILES string of the molecule is Cc1ccnc(C(C)C)c1-n1c(=O)nc(N2CCN(C(=O)n3cncc3Cl)C[C@@H]2C)c2cc(F)c(-c3c(O)cccc3F)nc21. The van der Waals surface area contributed by atoms with Crippen LogP contribution < -0.4 is 10.6 Å². The molecule has 0 bridgehead atoms. The molecule has 1 aromatic carbocycles. The van der Waals surface area contributed by atoms with Crippen LogP contribution in [-0.4, -0.2) is 70.8 Å². The van der Waals surface area contributed by atoms with E-state index in [1.807, 2.05) is 32.6 Å². The van der Waals surface area contributed by atoms with Gasteiger partial charge < -0.3 is 14.9 Å². The van der Waals surface area contributed by atoms with Crippen molar-refractivity contribution in [3.8, 4) is 22.7 Å². The van der Waals surface area contributed by atoms with Crippen LogP contribution in [0.4, 0.5) is 19.4 Å². The van der Waals surface area contributed by atoms with Crippen LogP contribution in [0.2, 0.25) is 5.15 Å². The summed E-state index contributed by atoms with van der Waals surface area (Å²) in [6, 6.07) is 5.80. The van der Waals surface area contributed by atoms with E-state index in [0.717, 1.165) is 12.1 Å². The molecule has 1 atom stereocenters. The molecule has 5 aromatic rings. The van der Waals surface area contributed by atoms with E-state index in [1.54, 1.807) is 17.2 Å². The molecule has 1 N–H and O–H groups in total. The van der Waals surface area contributed by atoms with Crippen LogP contribution >= 0.6 is 11.6 Å². The van der Waals surface area contributed by atoms with Crippen LogP contribution in [0, 0.1) is 18.6 Å². The lowest BCUT2D eigenvalue weighted by Crippen LogP contribution is -2.55. The van der Waals surface area contributed by atoms with Crippen LogP contribution in [0.1, 0.15) is 37.9 Å². The third kappa shape index (κ3) is 5.16. The smallest absolute Gasteiger partial charge is 0.355 e. The summed E-state index contributed by atoms with van der Waals surface area (Å²) >= 11 is 6.11. The number of phenols is 1. The summed E-state index contributed by atoms with van der Waals surface area (Å²) in [5, 5.41) is 10.9. The van der Waals surface area contributed by atoms with Gasteiger partial charge in [0.1, 0.15) is 34.6 Å². The number of anilines is 1. The zero-order valence-corrected chi connectivity index (χ0v) is 25.6. The van der Waals surface area contributed by atoms with Gasteiger partial charge in [-0.3, -0.25) is 4.98 Å². The van der Waals surface area contributed by atoms with Gasteiger partial charge in [-0.15, -0.1) is 0 Å². The molecule has 1 aliphatic rings. The number of aryl methyl sites for hydroxylation is 1. The predicted molar refractivity (Wildman–Crippen MR) is 165 cm³/mol. The van der Waals surface area contributed by atoms with Crippen LogP contribution in [0.25, 0.3) is 28.0 Å². The fourth-order valence-corrected chi connectivity index (χ4v) is 5.92. The van der Waals surface area contributed by atoms with Crippen molar-refractivity contribution in [2.45, 2.75) is 39.7 Å². The maximum absolute atomic E-state index is 15.9. The fourth-order valence-electron chi connectivity index (χ4n) is 5.75. The molecule has 5 heterocycles. The minimum Gasteiger partial charge on any atom is -0.507 e. The van der Waals surface area contributed by atoms with Crippen molar-refractivity contribution in [3.63, 3.8) is 0 Å². The third-order valence-electron chi connectivity index (χ3n) is 7.92. The number of aromatic nitrogens is 6. The van der Waals surface area contributed by atoms with Gasteiger partial charge in [0.15, 0.2) is 11.5 Å². The van der Waals surface area contributed by atoms with Gasteiger partial charge >= 0.3 is 11.7 Å². The number of imidazole rings is 1. The number of amides is 1. The molecule has 45 heavy (non-hydrogen) atoms. The maximum atomic E-state index is 15.9. The summed E-state index contributed by atoms with van der Waals surface area (Å²) in [6.07, 6.45) is 4.34. The normalized spacial score (nSPS) is 15.3. The summed E-state index contributed by atoms with van der Waals surface area (Å²) in [4.78, 5) is 47.9. The average molecular weight is 635 g/mol. The molecule has 0 unspecified atom stereocenters. The van der Waals surface area contributed by atoms with Crippen molar-refractivity contribution in [1.29, 1.82) is 0 Å². The summed E-state index contributed by atoms with van der Waals surface area (Å²) in [6.45, 7) is 8.27. The molecular formula is C31H29ClF2N8O3. The van der Waals surface area contributed by atoms with E-state index in [9.17, 15) is 19.1 Å². The zero-order chi connectivity index (χ0) is 32.2. The van der Waals surface area contributed by atoms with Crippen molar-refractivity contribution >= 4 is 34.5 Å². The van der Waals surface area contributed by atoms with Gasteiger partial charge in [0, 0.05) is 31.9 Å². The zero-order valence-electron chi connectivity index (χ0n) is 24.9. The van der Waals surface area contributed by atoms with E-state index in [4.69, 9.17) is 11.6 Å². The topological polar surface area (TPSA) is 122 Å². The van der Waals surface area contributed by atoms with Crippen molar-refractivity contribution < 1.29 is 18.7 Å². The van der Waals surface area contributed by atoms with Crippen molar-refractivity contribution in [2.24, 2.45) is 0 Å². The molecule has 6 rings (SSSR count). The lowest BCUT2D eigenvalue weighted by atomic mass is 10.0. The van der Waals surface area contributed by atoms with E-state index in [0.29, 0.717) is 16.9 Å². The van der Waals surface area contributed by atoms with Gasteiger partial charge in [0.05, 0.1) is 28.5 Å². The first kappa shape index (κ1) is 30.1. The van der Waals surface area contributed by atoms with Crippen LogP contribution in [0.5, 0.6) is 5.75 Å². The standard InChI is InChI=1S/C31H29ClF2N8O3/c1-16(2)25-27(17(3)8-9-36-25)42-29-19(12-21(34)26(37-29)24-20(33)6-5-7-22(24)43)28(38-30(42)44)40-11-10-39(14-18(40)4)31(45)41-15-35-13-23(41)32/h5-9,12-13,15-16,18,43H,10-11,14H2,1-4H3/t18-/m0/s1. The molecule has 1 saturated heterocycles. The second kappa shape index (κ2) is 11.5. The number of rotatable bonds is 4. The number of phenolic OH excluding ortho intramolecular Hbond substituents is 1. The quantitative estimate of drug-likeness (QED) is 0.283. The number of halogens is 3. The number of piperazine rings is 1. The Balaban J connectivity index is 1.56. The number of hydrogen-bond acceptors (Lipinski definition) is 8. The molecule has 232 valence electrons. The first-order valence-corrected chi connectivity index (χ1v) is 14.7. The lowest BCUT2D eigenvalue weighted by Gasteiger charge is -2.40. The molecule has 0 saturated carbocycles. The third-order valence-corrected chi connectivity index (χ3v) is 8.20. The van der Waals surface area contributed by atoms with Gasteiger partial charge in [-0.25, -0.2) is 37.5 Å². The molecule has 1 fully saturated rings. The first-order chi connectivity index (χ1) is 21.5. The average Bonchev–Trinajstić information content (AvgIpc) is 3.43. The summed E-state index contributed by atoms with van der Waals surface area (Å²) < 4.78 is 33.4. The Labute approximate surface area is 261 Å². The number of nitrogens with zero attached hydrogens (tertiary/aromatic N) is 8. The number of fused-ring (bicyclic) bond motifs is 1. The monoisotopic (exact) mass is 634 g/mol. The van der Waals surface area contributed by atoms with E-state index in [1.165, 1.54) is 33.8 Å². The highest BCUT2D eigenvalue weighted by atomic mass is 35.5. The van der Waals surface area contributed by atoms with Gasteiger partial charge in [-0.1, -0.05) is 31.5 Å². The van der Waals surface area contributed by atoms with Crippen molar-refractivity contribution in [2.75, 3.05) is 24.5 Å². The summed E-state index contributed by atoms with van der Waals surface area (Å²) in [7, 11) is 0. The lowest BCUT2D eigenvalue weighted by molar-refractivity contribution is 0.188. The van der Waals surface area contributed by atoms with Gasteiger partial charge in [0.25, 0.3) is 0 Å². The van der Waals surface area contributed by atoms with Crippen LogP contribution in [0.3, 0.4) is 0 Å². The van der Waals surface area contributed by atoms with Crippen molar-refractivity contribution in [3.05, 3.63) is 87.6 Å². The van der Waals surface area contributed by atoms with Gasteiger partial charge in [-0.05, 0) is 49.6 Å². The molecule has 4 aromatic heterocycles. The van der Waals surface area contributed by atoms with E-state index >= 15 is 4.39 Å². The number of aromatic hydroxyl groups is 1. The number of carbonyl (C=O) groups excluding carboxylic acids is 1. The Morgan fingerprint density at radius 1 is 1.13 bits per heavy atom. The minimum atomic E-state index is -0.917. The number of benzene rings is 1. The van der Waals surface area contributed by atoms with E-state index in [-0.39, 0.29) is 59.6 Å². The highest BCUT2D eigenvalue weighted by molar-refractivity contribution is 6.30. The molecule has 0 aliphatic carbocycles. The number of hydrogen-bond donors (Lipinski definition) is 1. The Hall–Kier alpha value is -4.91. The Morgan fingerprint density at radius 2 is 1.91 bits per heavy atom. The summed E-state index contributed by atoms with van der Waals surface area (Å²) in [5.41, 5.74) is 0.147. The maximum Gasteiger partial charge on any atom is 0.355 e. The second-order valence-corrected chi connectivity index (χ2v) is 11.6. The predicted octanol–water partition coefficient (Wildman–Crippen LogP) is 5.29. The molecule has 0 spiro atoms. The highest BCUT2D eigenvalue weighted by Crippen LogP contribution is 2.37. The highest BCUT2D eigenvalue weighted by Gasteiger charge is 2.32. The molecule has 0 radical (unpaired) electrons. The molecule has 1 aliphatic heterocycles. The van der Waals surface area contributed by atoms with E-state index in [2.05, 4.69) is 19.9 Å². The second-order valence-electron chi connectivity index (χ2n) is 11.3. The van der Waals surface area contributed by atoms with Gasteiger partial charge in [-0.2, -0.15) is 4.98 Å². The van der Waals surface area contributed by atoms with E-state index < -0.39 is 34.3 Å². The van der Waals surface area contributed by atoms with Gasteiger partial charge in [0.2, 0.25) is 0 Å². The Morgan fingerprint density at radius 3 is 2.58 bits per heavy atom. The molecule has 1 amide bonds. The Kier molecular flexibility index (Phi) is 7.73. The first-order valence-electron chi connectivity index (χ1n) is 14.3. The van der Waals surface area contributed by atoms with Crippen molar-refractivity contribution in [1.82, 2.24) is 34.0 Å². The van der Waals surface area contributed by atoms with Crippen LogP contribution in [0.15, 0.2) is 53.8 Å². The molecule has 14 heteroatoms. The number of pyridine rings is 2. The van der Waals surface area contributed by atoms with Crippen LogP contribution in [-0.2, 0) is 0 Å². The summed E-state index contributed by atoms with van der Waals surface area (Å²) in [5.74, 6) is -2.24. The fraction of sp³-hybridized carbons (Fsp3) is 0.290. The number of carbonyl (C=O) groups is 1. The molecular weight excluding hydrogens is 606 g/mol. The largest absolute Gasteiger partial charge is 0.507 e.